The molecule has 3 N–H and O–H groups in total. The highest BCUT2D eigenvalue weighted by atomic mass is 35.5. The van der Waals surface area contributed by atoms with E-state index in [1.807, 2.05) is 0 Å². The molecule has 0 saturated carbocycles. The number of halogens is 3. The van der Waals surface area contributed by atoms with E-state index in [4.69, 9.17) is 29.6 Å². The summed E-state index contributed by atoms with van der Waals surface area (Å²) in [5.74, 6) is -1.08. The number of anilines is 2. The maximum absolute atomic E-state index is 13.6. The molecule has 0 aliphatic rings. The van der Waals surface area contributed by atoms with Gasteiger partial charge in [-0.15, -0.1) is 0 Å². The molecule has 0 atom stereocenters. The minimum atomic E-state index is -0.549. The molecular weight excluding hydrogens is 290 g/mol. The second-order valence-corrected chi connectivity index (χ2v) is 4.66. The van der Waals surface area contributed by atoms with Gasteiger partial charge in [0, 0.05) is 16.9 Å². The van der Waals surface area contributed by atoms with Crippen molar-refractivity contribution in [2.24, 2.45) is 5.73 Å². The van der Waals surface area contributed by atoms with Crippen LogP contribution in [0.15, 0.2) is 36.4 Å². The number of hydrogen-bond acceptors (Lipinski definition) is 2. The smallest absolute Gasteiger partial charge is 0.143 e. The summed E-state index contributed by atoms with van der Waals surface area (Å²) >= 11 is 10.3. The minimum absolute atomic E-state index is 0.0124. The average Bonchev–Trinajstić information content (AvgIpc) is 2.33. The molecule has 2 rings (SSSR count). The zero-order chi connectivity index (χ0) is 14.0. The third kappa shape index (κ3) is 3.19. The largest absolute Gasteiger partial charge is 0.389 e. The number of hydrogen-bond donors (Lipinski definition) is 2. The Morgan fingerprint density at radius 3 is 2.16 bits per heavy atom. The molecule has 2 aromatic carbocycles. The van der Waals surface area contributed by atoms with Crippen LogP contribution in [0.25, 0.3) is 0 Å². The molecule has 0 aliphatic heterocycles. The van der Waals surface area contributed by atoms with Crippen molar-refractivity contribution >= 4 is 40.2 Å². The SMILES string of the molecule is NC(=S)c1ccc(Nc2ccc(Cl)c(F)c2)cc1F. The van der Waals surface area contributed by atoms with Gasteiger partial charge >= 0.3 is 0 Å². The summed E-state index contributed by atoms with van der Waals surface area (Å²) in [6.45, 7) is 0. The van der Waals surface area contributed by atoms with E-state index in [2.05, 4.69) is 5.32 Å². The van der Waals surface area contributed by atoms with Gasteiger partial charge in [0.15, 0.2) is 0 Å². The fourth-order valence-electron chi connectivity index (χ4n) is 1.53. The van der Waals surface area contributed by atoms with E-state index < -0.39 is 11.6 Å². The Kier molecular flexibility index (Phi) is 3.97. The van der Waals surface area contributed by atoms with E-state index in [0.717, 1.165) is 0 Å². The van der Waals surface area contributed by atoms with Gasteiger partial charge in [0.1, 0.15) is 16.6 Å². The van der Waals surface area contributed by atoms with E-state index in [0.29, 0.717) is 11.4 Å². The van der Waals surface area contributed by atoms with Crippen LogP contribution in [-0.2, 0) is 0 Å². The van der Waals surface area contributed by atoms with Gasteiger partial charge in [-0.1, -0.05) is 23.8 Å². The third-order valence-electron chi connectivity index (χ3n) is 2.44. The fourth-order valence-corrected chi connectivity index (χ4v) is 1.82. The molecule has 0 amide bonds. The first-order valence-electron chi connectivity index (χ1n) is 5.29. The summed E-state index contributed by atoms with van der Waals surface area (Å²) in [7, 11) is 0. The van der Waals surface area contributed by atoms with Crippen LogP contribution in [0.3, 0.4) is 0 Å². The Morgan fingerprint density at radius 2 is 1.63 bits per heavy atom. The molecule has 6 heteroatoms. The molecule has 0 aromatic heterocycles. The summed E-state index contributed by atoms with van der Waals surface area (Å²) in [5.41, 5.74) is 6.45. The topological polar surface area (TPSA) is 38.0 Å². The van der Waals surface area contributed by atoms with Crippen LogP contribution in [0.4, 0.5) is 20.2 Å². The molecule has 19 heavy (non-hydrogen) atoms. The number of nitrogens with one attached hydrogen (secondary N) is 1. The van der Waals surface area contributed by atoms with Crippen molar-refractivity contribution in [2.75, 3.05) is 5.32 Å². The zero-order valence-electron chi connectivity index (χ0n) is 9.58. The first-order valence-corrected chi connectivity index (χ1v) is 6.07. The van der Waals surface area contributed by atoms with E-state index >= 15 is 0 Å². The first kappa shape index (κ1) is 13.7. The van der Waals surface area contributed by atoms with Crippen LogP contribution in [0.1, 0.15) is 5.56 Å². The van der Waals surface area contributed by atoms with Crippen LogP contribution in [0, 0.1) is 11.6 Å². The highest BCUT2D eigenvalue weighted by Gasteiger charge is 2.07. The summed E-state index contributed by atoms with van der Waals surface area (Å²) in [6, 6.07) is 8.53. The Labute approximate surface area is 119 Å². The van der Waals surface area contributed by atoms with Crippen molar-refractivity contribution in [2.45, 2.75) is 0 Å². The minimum Gasteiger partial charge on any atom is -0.389 e. The number of nitrogens with two attached hydrogens (primary N) is 1. The van der Waals surface area contributed by atoms with E-state index in [-0.39, 0.29) is 15.6 Å². The summed E-state index contributed by atoms with van der Waals surface area (Å²) in [6.07, 6.45) is 0. The lowest BCUT2D eigenvalue weighted by molar-refractivity contribution is 0.626. The molecule has 0 bridgehead atoms. The van der Waals surface area contributed by atoms with Gasteiger partial charge in [-0.05, 0) is 36.4 Å². The predicted molar refractivity (Wildman–Crippen MR) is 77.0 cm³/mol. The molecule has 0 spiro atoms. The van der Waals surface area contributed by atoms with Crippen molar-refractivity contribution in [1.29, 1.82) is 0 Å². The maximum Gasteiger partial charge on any atom is 0.143 e. The molecule has 0 radical (unpaired) electrons. The van der Waals surface area contributed by atoms with Crippen molar-refractivity contribution in [3.63, 3.8) is 0 Å². The maximum atomic E-state index is 13.6. The van der Waals surface area contributed by atoms with Crippen molar-refractivity contribution in [3.8, 4) is 0 Å². The second kappa shape index (κ2) is 5.50. The standard InChI is InChI=1S/C13H9ClF2N2S/c14-10-4-2-8(6-12(10)16)18-7-1-3-9(13(17)19)11(15)5-7/h1-6,18H,(H2,17,19). The van der Waals surface area contributed by atoms with Crippen molar-refractivity contribution < 1.29 is 8.78 Å². The van der Waals surface area contributed by atoms with Gasteiger partial charge < -0.3 is 11.1 Å². The molecule has 98 valence electrons. The highest BCUT2D eigenvalue weighted by Crippen LogP contribution is 2.23. The summed E-state index contributed by atoms with van der Waals surface area (Å²) < 4.78 is 26.9. The molecule has 2 aromatic rings. The molecule has 0 aliphatic carbocycles. The number of rotatable bonds is 3. The monoisotopic (exact) mass is 298 g/mol. The van der Waals surface area contributed by atoms with Gasteiger partial charge in [0.05, 0.1) is 5.02 Å². The lowest BCUT2D eigenvalue weighted by Crippen LogP contribution is -2.11. The molecule has 2 nitrogen and oxygen atoms in total. The average molecular weight is 299 g/mol. The lowest BCUT2D eigenvalue weighted by Gasteiger charge is -2.08. The number of benzene rings is 2. The quantitative estimate of drug-likeness (QED) is 0.841. The molecule has 0 unspecified atom stereocenters. The Balaban J connectivity index is 2.26. The van der Waals surface area contributed by atoms with Gasteiger partial charge in [-0.25, -0.2) is 8.78 Å². The van der Waals surface area contributed by atoms with E-state index in [1.54, 1.807) is 12.1 Å². The Bertz CT molecular complexity index is 647. The van der Waals surface area contributed by atoms with Gasteiger partial charge in [0.2, 0.25) is 0 Å². The first-order chi connectivity index (χ1) is 8.97. The zero-order valence-corrected chi connectivity index (χ0v) is 11.2. The van der Waals surface area contributed by atoms with E-state index in [9.17, 15) is 8.78 Å². The van der Waals surface area contributed by atoms with Crippen LogP contribution in [-0.4, -0.2) is 4.99 Å². The normalized spacial score (nSPS) is 10.3. The second-order valence-electron chi connectivity index (χ2n) is 3.81. The molecule has 0 heterocycles. The molecule has 0 saturated heterocycles. The molecule has 0 fully saturated rings. The van der Waals surface area contributed by atoms with Crippen LogP contribution in [0.2, 0.25) is 5.02 Å². The van der Waals surface area contributed by atoms with Crippen molar-refractivity contribution in [1.82, 2.24) is 0 Å². The Morgan fingerprint density at radius 1 is 1.05 bits per heavy atom. The summed E-state index contributed by atoms with van der Waals surface area (Å²) in [4.78, 5) is -0.0124. The number of thiocarbonyl (C=S) groups is 1. The van der Waals surface area contributed by atoms with Gasteiger partial charge in [-0.2, -0.15) is 0 Å². The van der Waals surface area contributed by atoms with Gasteiger partial charge in [0.25, 0.3) is 0 Å². The Hall–Kier alpha value is -1.72. The van der Waals surface area contributed by atoms with Crippen LogP contribution < -0.4 is 11.1 Å². The summed E-state index contributed by atoms with van der Waals surface area (Å²) in [5, 5.41) is 2.88. The van der Waals surface area contributed by atoms with Crippen LogP contribution in [0.5, 0.6) is 0 Å². The third-order valence-corrected chi connectivity index (χ3v) is 2.97. The lowest BCUT2D eigenvalue weighted by atomic mass is 10.2. The molecular formula is C13H9ClF2N2S. The van der Waals surface area contributed by atoms with Crippen molar-refractivity contribution in [3.05, 3.63) is 58.6 Å². The van der Waals surface area contributed by atoms with Gasteiger partial charge in [-0.3, -0.25) is 0 Å². The fraction of sp³-hybridized carbons (Fsp3) is 0. The highest BCUT2D eigenvalue weighted by molar-refractivity contribution is 7.80. The predicted octanol–water partition coefficient (Wildman–Crippen LogP) is 4.00. The van der Waals surface area contributed by atoms with E-state index in [1.165, 1.54) is 24.3 Å². The van der Waals surface area contributed by atoms with Crippen LogP contribution >= 0.6 is 23.8 Å².